The second kappa shape index (κ2) is 8.89. The van der Waals surface area contributed by atoms with E-state index in [2.05, 4.69) is 15.3 Å². The lowest BCUT2D eigenvalue weighted by atomic mass is 10.1. The highest BCUT2D eigenvalue weighted by Crippen LogP contribution is 2.29. The fourth-order valence-corrected chi connectivity index (χ4v) is 3.85. The molecular weight excluding hydrogens is 429 g/mol. The van der Waals surface area contributed by atoms with E-state index in [4.69, 9.17) is 14.1 Å². The van der Waals surface area contributed by atoms with Crippen LogP contribution >= 0.6 is 0 Å². The lowest BCUT2D eigenvalue weighted by Crippen LogP contribution is -2.34. The zero-order chi connectivity index (χ0) is 22.8. The minimum absolute atomic E-state index is 0.299. The normalized spacial score (nSPS) is 18.2. The lowest BCUT2D eigenvalue weighted by molar-refractivity contribution is 0.109. The van der Waals surface area contributed by atoms with E-state index in [1.165, 1.54) is 11.0 Å². The van der Waals surface area contributed by atoms with Gasteiger partial charge in [0, 0.05) is 36.9 Å². The van der Waals surface area contributed by atoms with E-state index in [9.17, 15) is 9.18 Å². The van der Waals surface area contributed by atoms with Gasteiger partial charge in [-0.1, -0.05) is 16.4 Å². The summed E-state index contributed by atoms with van der Waals surface area (Å²) in [6.07, 6.45) is 3.59. The number of carbonyl (C=O) groups excluding carboxylic acids is 1. The standard InChI is InChI=1S/C23H22FN5O4/c1-28-10-11-31-27-22(28)21-7-2-15(13-25-21)19-6-3-16(12-20(19)24)29-14-18(32-23(29)30)5-4-17-8-9-26-33-17/h2-3,6-9,12-13,18H,4-5,10-11,14H2,1H3/t18-/m0/s1. The van der Waals surface area contributed by atoms with Gasteiger partial charge in [-0.3, -0.25) is 9.88 Å². The molecule has 0 N–H and O–H groups in total. The van der Waals surface area contributed by atoms with Crippen LogP contribution in [0.25, 0.3) is 11.1 Å². The number of amidine groups is 1. The van der Waals surface area contributed by atoms with Crippen molar-refractivity contribution >= 4 is 17.6 Å². The van der Waals surface area contributed by atoms with Crippen LogP contribution in [0.1, 0.15) is 17.9 Å². The Balaban J connectivity index is 1.28. The summed E-state index contributed by atoms with van der Waals surface area (Å²) in [6, 6.07) is 10.0. The van der Waals surface area contributed by atoms with Crippen molar-refractivity contribution in [2.45, 2.75) is 18.9 Å². The molecule has 170 valence electrons. The third-order valence-corrected chi connectivity index (χ3v) is 5.68. The zero-order valence-corrected chi connectivity index (χ0v) is 18.0. The summed E-state index contributed by atoms with van der Waals surface area (Å²) in [5.41, 5.74) is 2.11. The number of aryl methyl sites for hydroxylation is 1. The maximum absolute atomic E-state index is 15.0. The number of benzene rings is 1. The number of amides is 1. The van der Waals surface area contributed by atoms with Crippen LogP contribution in [0, 0.1) is 5.82 Å². The van der Waals surface area contributed by atoms with Gasteiger partial charge in [0.05, 0.1) is 25.0 Å². The molecule has 2 aliphatic heterocycles. The molecule has 1 saturated heterocycles. The average Bonchev–Trinajstić information content (AvgIpc) is 3.48. The van der Waals surface area contributed by atoms with E-state index in [1.54, 1.807) is 42.7 Å². The highest BCUT2D eigenvalue weighted by Gasteiger charge is 2.32. The maximum atomic E-state index is 15.0. The number of halogens is 1. The fourth-order valence-electron chi connectivity index (χ4n) is 3.85. The predicted octanol–water partition coefficient (Wildman–Crippen LogP) is 3.46. The number of likely N-dealkylation sites (N-methyl/N-ethyl adjacent to an activating group) is 1. The van der Waals surface area contributed by atoms with Gasteiger partial charge in [0.25, 0.3) is 0 Å². The van der Waals surface area contributed by atoms with Crippen molar-refractivity contribution in [2.75, 3.05) is 31.6 Å². The molecule has 0 unspecified atom stereocenters. The van der Waals surface area contributed by atoms with Crippen LogP contribution in [-0.2, 0) is 16.0 Å². The first kappa shape index (κ1) is 20.9. The number of hydrogen-bond acceptors (Lipinski definition) is 8. The summed E-state index contributed by atoms with van der Waals surface area (Å²) in [5, 5.41) is 7.71. The zero-order valence-electron chi connectivity index (χ0n) is 18.0. The molecule has 4 heterocycles. The molecule has 9 nitrogen and oxygen atoms in total. The Labute approximate surface area is 189 Å². The summed E-state index contributed by atoms with van der Waals surface area (Å²) in [6.45, 7) is 1.60. The Morgan fingerprint density at radius 3 is 2.85 bits per heavy atom. The molecule has 2 aromatic heterocycles. The van der Waals surface area contributed by atoms with E-state index >= 15 is 0 Å². The van der Waals surface area contributed by atoms with Gasteiger partial charge in [-0.05, 0) is 30.7 Å². The van der Waals surface area contributed by atoms with Gasteiger partial charge in [0.1, 0.15) is 30.0 Å². The van der Waals surface area contributed by atoms with Crippen LogP contribution < -0.4 is 4.90 Å². The number of carbonyl (C=O) groups is 1. The molecule has 0 radical (unpaired) electrons. The van der Waals surface area contributed by atoms with Gasteiger partial charge in [-0.15, -0.1) is 0 Å². The van der Waals surface area contributed by atoms with Gasteiger partial charge in [0.15, 0.2) is 5.84 Å². The summed E-state index contributed by atoms with van der Waals surface area (Å²) in [4.78, 5) is 25.3. The number of ether oxygens (including phenoxy) is 1. The molecule has 1 aromatic carbocycles. The van der Waals surface area contributed by atoms with Crippen LogP contribution in [0.4, 0.5) is 14.9 Å². The van der Waals surface area contributed by atoms with E-state index < -0.39 is 11.9 Å². The van der Waals surface area contributed by atoms with Crippen molar-refractivity contribution in [3.8, 4) is 11.1 Å². The number of anilines is 1. The van der Waals surface area contributed by atoms with Crippen molar-refractivity contribution in [3.63, 3.8) is 0 Å². The van der Waals surface area contributed by atoms with E-state index in [-0.39, 0.29) is 6.10 Å². The molecule has 1 amide bonds. The number of nitrogens with zero attached hydrogens (tertiary/aromatic N) is 5. The Morgan fingerprint density at radius 1 is 1.21 bits per heavy atom. The predicted molar refractivity (Wildman–Crippen MR) is 117 cm³/mol. The second-order valence-corrected chi connectivity index (χ2v) is 7.90. The van der Waals surface area contributed by atoms with Gasteiger partial charge < -0.3 is 19.0 Å². The summed E-state index contributed by atoms with van der Waals surface area (Å²) >= 11 is 0. The molecule has 3 aromatic rings. The largest absolute Gasteiger partial charge is 0.444 e. The van der Waals surface area contributed by atoms with Crippen LogP contribution in [0.15, 0.2) is 58.5 Å². The average molecular weight is 451 g/mol. The number of hydrogen-bond donors (Lipinski definition) is 0. The van der Waals surface area contributed by atoms with Crippen molar-refractivity contribution in [3.05, 3.63) is 66.1 Å². The van der Waals surface area contributed by atoms with E-state index in [0.717, 1.165) is 12.3 Å². The number of aromatic nitrogens is 2. The Bertz CT molecular complexity index is 1170. The second-order valence-electron chi connectivity index (χ2n) is 7.90. The van der Waals surface area contributed by atoms with Crippen LogP contribution in [0.3, 0.4) is 0 Å². The quantitative estimate of drug-likeness (QED) is 0.567. The molecule has 1 atom stereocenters. The number of rotatable bonds is 6. The van der Waals surface area contributed by atoms with E-state index in [0.29, 0.717) is 54.3 Å². The van der Waals surface area contributed by atoms with Crippen molar-refractivity contribution in [1.29, 1.82) is 0 Å². The monoisotopic (exact) mass is 451 g/mol. The van der Waals surface area contributed by atoms with Gasteiger partial charge in [0.2, 0.25) is 0 Å². The maximum Gasteiger partial charge on any atom is 0.414 e. The smallest absolute Gasteiger partial charge is 0.414 e. The Hall–Kier alpha value is -3.95. The third kappa shape index (κ3) is 4.36. The molecule has 2 aliphatic rings. The van der Waals surface area contributed by atoms with Gasteiger partial charge >= 0.3 is 6.09 Å². The van der Waals surface area contributed by atoms with Crippen molar-refractivity contribution in [2.24, 2.45) is 5.16 Å². The summed E-state index contributed by atoms with van der Waals surface area (Å²) < 4.78 is 25.5. The lowest BCUT2D eigenvalue weighted by Gasteiger charge is -2.23. The first-order chi connectivity index (χ1) is 16.1. The van der Waals surface area contributed by atoms with Crippen molar-refractivity contribution < 1.29 is 23.3 Å². The molecule has 0 bridgehead atoms. The molecule has 5 rings (SSSR count). The molecule has 1 fully saturated rings. The molecule has 33 heavy (non-hydrogen) atoms. The van der Waals surface area contributed by atoms with Crippen LogP contribution in [0.2, 0.25) is 0 Å². The Kier molecular flexibility index (Phi) is 5.64. The molecular formula is C23H22FN5O4. The molecule has 0 saturated carbocycles. The topological polar surface area (TPSA) is 93.3 Å². The first-order valence-corrected chi connectivity index (χ1v) is 10.6. The highest BCUT2D eigenvalue weighted by molar-refractivity contribution is 5.97. The Morgan fingerprint density at radius 2 is 2.12 bits per heavy atom. The van der Waals surface area contributed by atoms with Crippen molar-refractivity contribution in [1.82, 2.24) is 15.0 Å². The fraction of sp³-hybridized carbons (Fsp3) is 0.304. The molecule has 0 spiro atoms. The summed E-state index contributed by atoms with van der Waals surface area (Å²) in [5.74, 6) is 0.915. The number of cyclic esters (lactones) is 1. The minimum Gasteiger partial charge on any atom is -0.444 e. The third-order valence-electron chi connectivity index (χ3n) is 5.68. The number of pyridine rings is 1. The highest BCUT2D eigenvalue weighted by atomic mass is 19.1. The van der Waals surface area contributed by atoms with Gasteiger partial charge in [-0.2, -0.15) is 0 Å². The van der Waals surface area contributed by atoms with Gasteiger partial charge in [-0.25, -0.2) is 9.18 Å². The summed E-state index contributed by atoms with van der Waals surface area (Å²) in [7, 11) is 1.91. The first-order valence-electron chi connectivity index (χ1n) is 10.6. The number of oxime groups is 1. The SMILES string of the molecule is CN1CCON=C1c1ccc(-c2ccc(N3C[C@H](CCc4ccno4)OC3=O)cc2F)cn1. The molecule has 0 aliphatic carbocycles. The minimum atomic E-state index is -0.490. The van der Waals surface area contributed by atoms with Crippen LogP contribution in [-0.4, -0.2) is 59.8 Å². The molecule has 10 heteroatoms. The van der Waals surface area contributed by atoms with E-state index in [1.807, 2.05) is 11.9 Å². The van der Waals surface area contributed by atoms with Crippen LogP contribution in [0.5, 0.6) is 0 Å².